The quantitative estimate of drug-likeness (QED) is 0.589. The lowest BCUT2D eigenvalue weighted by Gasteiger charge is -2.02. The highest BCUT2D eigenvalue weighted by Crippen LogP contribution is 2.25. The molecule has 0 unspecified atom stereocenters. The van der Waals surface area contributed by atoms with Crippen LogP contribution < -0.4 is 24.8 Å². The van der Waals surface area contributed by atoms with E-state index in [1.54, 1.807) is 24.3 Å². The second-order valence-electron chi connectivity index (χ2n) is 5.98. The topological polar surface area (TPSA) is 8.72 Å². The Balaban J connectivity index is 0. The molecule has 0 saturated heterocycles. The largest absolute Gasteiger partial charge is 1.00 e. The molecular weight excluding hydrogens is 434 g/mol. The SMILES string of the molecule is [C-]#[N+]c1ccc(Cl)cc1CCCC.[C-]#[N+]c1ccc(Cl)cc1CCCC.[Cl-].[Cl-]. The maximum atomic E-state index is 6.97. The number of halogens is 4. The number of aryl methyl sites for hydroxylation is 2. The van der Waals surface area contributed by atoms with Crippen molar-refractivity contribution >= 4 is 34.6 Å². The Hall–Kier alpha value is -1.42. The van der Waals surface area contributed by atoms with E-state index in [9.17, 15) is 0 Å². The van der Waals surface area contributed by atoms with E-state index in [0.717, 1.165) is 71.1 Å². The number of unbranched alkanes of at least 4 members (excludes halogenated alkanes) is 2. The summed E-state index contributed by atoms with van der Waals surface area (Å²) in [6.45, 7) is 18.2. The average Bonchev–Trinajstić information content (AvgIpc) is 2.65. The van der Waals surface area contributed by atoms with E-state index in [4.69, 9.17) is 36.3 Å². The van der Waals surface area contributed by atoms with Crippen molar-refractivity contribution < 1.29 is 24.8 Å². The van der Waals surface area contributed by atoms with Crippen molar-refractivity contribution in [3.05, 3.63) is 80.4 Å². The van der Waals surface area contributed by atoms with Gasteiger partial charge in [-0.2, -0.15) is 0 Å². The van der Waals surface area contributed by atoms with Gasteiger partial charge in [-0.25, -0.2) is 9.69 Å². The van der Waals surface area contributed by atoms with Crippen molar-refractivity contribution in [3.63, 3.8) is 0 Å². The summed E-state index contributed by atoms with van der Waals surface area (Å²) in [4.78, 5) is 6.91. The number of rotatable bonds is 6. The van der Waals surface area contributed by atoms with Crippen molar-refractivity contribution in [1.29, 1.82) is 0 Å². The summed E-state index contributed by atoms with van der Waals surface area (Å²) in [6.07, 6.45) is 6.42. The lowest BCUT2D eigenvalue weighted by molar-refractivity contribution is -0.001000. The predicted octanol–water partition coefficient (Wildman–Crippen LogP) is 2.47. The molecule has 6 heteroatoms. The fraction of sp³-hybridized carbons (Fsp3) is 0.364. The van der Waals surface area contributed by atoms with Crippen LogP contribution in [0.5, 0.6) is 0 Å². The average molecular weight is 458 g/mol. The second kappa shape index (κ2) is 16.5. The molecule has 0 bridgehead atoms. The monoisotopic (exact) mass is 456 g/mol. The Bertz CT molecular complexity index is 725. The molecule has 0 atom stereocenters. The molecule has 2 aromatic rings. The highest BCUT2D eigenvalue weighted by Gasteiger charge is 2.02. The number of benzene rings is 2. The summed E-state index contributed by atoms with van der Waals surface area (Å²) in [5.41, 5.74) is 3.62. The van der Waals surface area contributed by atoms with E-state index >= 15 is 0 Å². The van der Waals surface area contributed by atoms with Crippen LogP contribution in [0.15, 0.2) is 36.4 Å². The molecule has 2 aromatic carbocycles. The van der Waals surface area contributed by atoms with Gasteiger partial charge in [0.2, 0.25) is 0 Å². The van der Waals surface area contributed by atoms with Gasteiger partial charge in [0.15, 0.2) is 11.4 Å². The molecule has 152 valence electrons. The van der Waals surface area contributed by atoms with Crippen LogP contribution in [0, 0.1) is 13.1 Å². The van der Waals surface area contributed by atoms with E-state index in [1.807, 2.05) is 12.1 Å². The lowest BCUT2D eigenvalue weighted by atomic mass is 10.1. The third-order valence-corrected chi connectivity index (χ3v) is 4.39. The standard InChI is InChI=1S/2C11H12ClN.2ClH/c2*1-3-4-5-9-8-10(12)6-7-11(9)13-2;;/h2*6-8H,3-5H2,1H3;2*1H/p-2. The van der Waals surface area contributed by atoms with E-state index in [1.165, 1.54) is 0 Å². The molecule has 0 radical (unpaired) electrons. The first kappa shape index (κ1) is 28.8. The van der Waals surface area contributed by atoms with Crippen LogP contribution in [-0.4, -0.2) is 0 Å². The number of hydrogen-bond acceptors (Lipinski definition) is 0. The van der Waals surface area contributed by atoms with Crippen molar-refractivity contribution in [2.24, 2.45) is 0 Å². The highest BCUT2D eigenvalue weighted by molar-refractivity contribution is 6.31. The molecule has 0 saturated carbocycles. The molecule has 0 aliphatic heterocycles. The van der Waals surface area contributed by atoms with Gasteiger partial charge in [0.1, 0.15) is 0 Å². The number of hydrogen-bond donors (Lipinski definition) is 0. The molecule has 0 N–H and O–H groups in total. The van der Waals surface area contributed by atoms with Crippen LogP contribution in [0.2, 0.25) is 10.0 Å². The predicted molar refractivity (Wildman–Crippen MR) is 113 cm³/mol. The summed E-state index contributed by atoms with van der Waals surface area (Å²) < 4.78 is 0. The van der Waals surface area contributed by atoms with Gasteiger partial charge in [0.25, 0.3) is 0 Å². The van der Waals surface area contributed by atoms with E-state index in [0.29, 0.717) is 0 Å². The normalized spacial score (nSPS) is 8.93. The summed E-state index contributed by atoms with van der Waals surface area (Å²) >= 11 is 11.7. The van der Waals surface area contributed by atoms with Crippen LogP contribution >= 0.6 is 23.2 Å². The van der Waals surface area contributed by atoms with Crippen LogP contribution in [0.4, 0.5) is 11.4 Å². The minimum Gasteiger partial charge on any atom is -1.00 e. The minimum atomic E-state index is 0. The summed E-state index contributed by atoms with van der Waals surface area (Å²) in [6, 6.07) is 10.9. The third kappa shape index (κ3) is 10.2. The Labute approximate surface area is 191 Å². The molecule has 0 aliphatic carbocycles. The van der Waals surface area contributed by atoms with E-state index in [-0.39, 0.29) is 24.8 Å². The van der Waals surface area contributed by atoms with Gasteiger partial charge in [0, 0.05) is 10.0 Å². The van der Waals surface area contributed by atoms with Gasteiger partial charge >= 0.3 is 0 Å². The molecule has 2 rings (SSSR count). The highest BCUT2D eigenvalue weighted by atomic mass is 35.5. The Morgan fingerprint density at radius 1 is 0.714 bits per heavy atom. The maximum Gasteiger partial charge on any atom is 0.190 e. The molecular formula is C22H24Cl4N2-2. The maximum absolute atomic E-state index is 6.97. The van der Waals surface area contributed by atoms with Gasteiger partial charge in [-0.05, 0) is 24.0 Å². The zero-order valence-electron chi connectivity index (χ0n) is 16.1. The smallest absolute Gasteiger partial charge is 0.190 e. The molecule has 0 aromatic heterocycles. The lowest BCUT2D eigenvalue weighted by Crippen LogP contribution is -3.00. The first-order valence-electron chi connectivity index (χ1n) is 8.87. The van der Waals surface area contributed by atoms with E-state index in [2.05, 4.69) is 23.5 Å². The Kier molecular flexibility index (Phi) is 17.0. The van der Waals surface area contributed by atoms with Crippen molar-refractivity contribution in [2.75, 3.05) is 0 Å². The van der Waals surface area contributed by atoms with Crippen LogP contribution in [0.25, 0.3) is 9.69 Å². The van der Waals surface area contributed by atoms with Crippen molar-refractivity contribution in [2.45, 2.75) is 52.4 Å². The molecule has 0 aliphatic rings. The fourth-order valence-corrected chi connectivity index (χ4v) is 2.85. The van der Waals surface area contributed by atoms with Gasteiger partial charge in [-0.1, -0.05) is 99.1 Å². The molecule has 0 heterocycles. The Morgan fingerprint density at radius 2 is 1.07 bits per heavy atom. The second-order valence-corrected chi connectivity index (χ2v) is 6.85. The molecule has 2 nitrogen and oxygen atoms in total. The zero-order chi connectivity index (χ0) is 19.4. The third-order valence-electron chi connectivity index (χ3n) is 3.92. The summed E-state index contributed by atoms with van der Waals surface area (Å²) in [7, 11) is 0. The molecule has 0 spiro atoms. The van der Waals surface area contributed by atoms with Gasteiger partial charge in [0.05, 0.1) is 13.1 Å². The molecule has 0 fully saturated rings. The van der Waals surface area contributed by atoms with Gasteiger partial charge in [-0.3, -0.25) is 0 Å². The fourth-order valence-electron chi connectivity index (χ4n) is 2.46. The van der Waals surface area contributed by atoms with E-state index < -0.39 is 0 Å². The van der Waals surface area contributed by atoms with Gasteiger partial charge in [-0.15, -0.1) is 0 Å². The van der Waals surface area contributed by atoms with Gasteiger partial charge < -0.3 is 24.8 Å². The molecule has 28 heavy (non-hydrogen) atoms. The van der Waals surface area contributed by atoms with Crippen LogP contribution in [-0.2, 0) is 12.8 Å². The van der Waals surface area contributed by atoms with Crippen LogP contribution in [0.1, 0.15) is 50.7 Å². The molecule has 0 amide bonds. The minimum absolute atomic E-state index is 0. The zero-order valence-corrected chi connectivity index (χ0v) is 19.1. The van der Waals surface area contributed by atoms with Crippen molar-refractivity contribution in [3.8, 4) is 0 Å². The Morgan fingerprint density at radius 3 is 1.36 bits per heavy atom. The summed E-state index contributed by atoms with van der Waals surface area (Å²) in [5, 5.41) is 1.44. The number of nitrogens with zero attached hydrogens (tertiary/aromatic N) is 2. The first-order valence-corrected chi connectivity index (χ1v) is 9.63. The first-order chi connectivity index (χ1) is 12.5. The van der Waals surface area contributed by atoms with Crippen molar-refractivity contribution in [1.82, 2.24) is 0 Å². The summed E-state index contributed by atoms with van der Waals surface area (Å²) in [5.74, 6) is 0. The van der Waals surface area contributed by atoms with Crippen LogP contribution in [0.3, 0.4) is 0 Å².